The van der Waals surface area contributed by atoms with Crippen molar-refractivity contribution in [3.63, 3.8) is 0 Å². The van der Waals surface area contributed by atoms with Crippen molar-refractivity contribution in [2.45, 2.75) is 19.3 Å². The Kier molecular flexibility index (Phi) is 9.46. The summed E-state index contributed by atoms with van der Waals surface area (Å²) in [7, 11) is 0. The maximum atomic E-state index is 6.39. The Morgan fingerprint density at radius 1 is 0.387 bits per heavy atom. The van der Waals surface area contributed by atoms with E-state index in [-0.39, 0.29) is 5.41 Å². The molecule has 9 aromatic rings. The van der Waals surface area contributed by atoms with E-state index in [0.717, 1.165) is 89.4 Å². The highest BCUT2D eigenvalue weighted by Crippen LogP contribution is 2.51. The van der Waals surface area contributed by atoms with Crippen molar-refractivity contribution in [2.24, 2.45) is 0 Å². The molecule has 0 atom stereocenters. The molecule has 0 unspecified atom stereocenters. The molecule has 0 amide bonds. The van der Waals surface area contributed by atoms with E-state index < -0.39 is 0 Å². The molecule has 1 heterocycles. The van der Waals surface area contributed by atoms with Crippen LogP contribution in [0.25, 0.3) is 68.5 Å². The Hall–Kier alpha value is -7.88. The van der Waals surface area contributed by atoms with E-state index in [1.807, 2.05) is 24.3 Å². The molecule has 1 aliphatic rings. The zero-order valence-corrected chi connectivity index (χ0v) is 35.1. The monoisotopic (exact) mass is 798 g/mol. The molecule has 0 saturated carbocycles. The molecule has 3 heteroatoms. The first-order chi connectivity index (χ1) is 30.3. The molecule has 8 aromatic carbocycles. The average molecular weight is 799 g/mol. The lowest BCUT2D eigenvalue weighted by atomic mass is 9.82. The molecule has 62 heavy (non-hydrogen) atoms. The molecule has 298 valence electrons. The summed E-state index contributed by atoms with van der Waals surface area (Å²) < 4.78 is 6.39. The fourth-order valence-electron chi connectivity index (χ4n) is 9.12. The minimum absolute atomic E-state index is 0.172. The van der Waals surface area contributed by atoms with Gasteiger partial charge in [0, 0.05) is 50.3 Å². The van der Waals surface area contributed by atoms with Crippen LogP contribution in [-0.2, 0) is 5.41 Å². The summed E-state index contributed by atoms with van der Waals surface area (Å²) in [5, 5.41) is 2.13. The van der Waals surface area contributed by atoms with E-state index in [1.165, 1.54) is 22.3 Å². The number of furan rings is 1. The zero-order chi connectivity index (χ0) is 42.5. The van der Waals surface area contributed by atoms with Crippen LogP contribution in [0.5, 0.6) is 0 Å². The zero-order valence-electron chi connectivity index (χ0n) is 35.1. The van der Waals surface area contributed by atoms with Crippen molar-refractivity contribution in [1.29, 1.82) is 0 Å². The fourth-order valence-corrected chi connectivity index (χ4v) is 9.12. The van der Waals surface area contributed by atoms with Crippen LogP contribution >= 0.6 is 0 Å². The Morgan fingerprint density at radius 3 is 1.48 bits per heavy atom. The molecule has 0 fully saturated rings. The predicted octanol–water partition coefficient (Wildman–Crippen LogP) is 17.1. The summed E-state index contributed by atoms with van der Waals surface area (Å²) in [4.78, 5) is 4.72. The Bertz CT molecular complexity index is 3170. The third kappa shape index (κ3) is 6.56. The highest BCUT2D eigenvalue weighted by molar-refractivity contribution is 6.07. The van der Waals surface area contributed by atoms with Crippen LogP contribution < -0.4 is 9.80 Å². The van der Waals surface area contributed by atoms with Crippen molar-refractivity contribution >= 4 is 80.4 Å². The van der Waals surface area contributed by atoms with Gasteiger partial charge in [-0.2, -0.15) is 0 Å². The van der Waals surface area contributed by atoms with Gasteiger partial charge in [0.2, 0.25) is 0 Å². The van der Waals surface area contributed by atoms with E-state index in [4.69, 9.17) is 4.42 Å². The third-order valence-corrected chi connectivity index (χ3v) is 12.5. The van der Waals surface area contributed by atoms with Gasteiger partial charge in [-0.05, 0) is 147 Å². The molecule has 0 radical (unpaired) electrons. The van der Waals surface area contributed by atoms with Crippen molar-refractivity contribution < 1.29 is 4.42 Å². The van der Waals surface area contributed by atoms with Crippen LogP contribution in [-0.4, -0.2) is 0 Å². The molecule has 0 aliphatic heterocycles. The second-order valence-electron chi connectivity index (χ2n) is 16.5. The quantitative estimate of drug-likeness (QED) is 0.130. The summed E-state index contributed by atoms with van der Waals surface area (Å²) >= 11 is 0. The summed E-state index contributed by atoms with van der Waals surface area (Å²) in [5.41, 5.74) is 19.3. The standard InChI is InChI=1S/C59H46N2O/c1-7-39-15-23-45(24-16-39)60(46-25-17-40(8-2)18-26-46)49-34-44(43-22-32-57-54(36-43)53-30-21-42(10-4)33-58(53)62-57)35-50(37-49)61(47-27-19-41(9-3)20-28-47)48-29-31-52-51-13-11-12-14-55(51)59(5,6)56(52)38-48/h7-38H,1-4H2,5-6H3. The number of hydrogen-bond acceptors (Lipinski definition) is 3. The minimum atomic E-state index is -0.172. The lowest BCUT2D eigenvalue weighted by Gasteiger charge is -2.31. The van der Waals surface area contributed by atoms with Crippen molar-refractivity contribution in [2.75, 3.05) is 9.80 Å². The van der Waals surface area contributed by atoms with Gasteiger partial charge in [0.25, 0.3) is 0 Å². The minimum Gasteiger partial charge on any atom is -0.456 e. The highest BCUT2D eigenvalue weighted by atomic mass is 16.3. The second-order valence-corrected chi connectivity index (χ2v) is 16.5. The molecule has 3 nitrogen and oxygen atoms in total. The molecule has 0 saturated heterocycles. The van der Waals surface area contributed by atoms with Crippen LogP contribution in [0.4, 0.5) is 34.1 Å². The van der Waals surface area contributed by atoms with Crippen LogP contribution in [0.1, 0.15) is 47.2 Å². The summed E-state index contributed by atoms with van der Waals surface area (Å²) in [6, 6.07) is 61.3. The van der Waals surface area contributed by atoms with E-state index in [1.54, 1.807) is 0 Å². The molecule has 0 N–H and O–H groups in total. The molecular formula is C59H46N2O. The number of rotatable bonds is 11. The highest BCUT2D eigenvalue weighted by Gasteiger charge is 2.36. The first kappa shape index (κ1) is 38.3. The lowest BCUT2D eigenvalue weighted by molar-refractivity contribution is 0.660. The number of anilines is 6. The molecule has 0 spiro atoms. The number of benzene rings is 8. The van der Waals surface area contributed by atoms with Gasteiger partial charge in [0.1, 0.15) is 11.2 Å². The van der Waals surface area contributed by atoms with Gasteiger partial charge in [-0.25, -0.2) is 0 Å². The smallest absolute Gasteiger partial charge is 0.136 e. The second kappa shape index (κ2) is 15.3. The lowest BCUT2D eigenvalue weighted by Crippen LogP contribution is -2.17. The maximum absolute atomic E-state index is 6.39. The third-order valence-electron chi connectivity index (χ3n) is 12.5. The van der Waals surface area contributed by atoms with Crippen molar-refractivity contribution in [3.8, 4) is 22.3 Å². The Labute approximate surface area is 364 Å². The van der Waals surface area contributed by atoms with Gasteiger partial charge in [-0.15, -0.1) is 0 Å². The molecule has 10 rings (SSSR count). The molecule has 1 aromatic heterocycles. The number of fused-ring (bicyclic) bond motifs is 6. The molecule has 0 bridgehead atoms. The maximum Gasteiger partial charge on any atom is 0.136 e. The van der Waals surface area contributed by atoms with Gasteiger partial charge in [0.15, 0.2) is 0 Å². The number of nitrogens with zero attached hydrogens (tertiary/aromatic N) is 2. The van der Waals surface area contributed by atoms with Gasteiger partial charge < -0.3 is 14.2 Å². The first-order valence-corrected chi connectivity index (χ1v) is 21.0. The van der Waals surface area contributed by atoms with Crippen LogP contribution in [0.15, 0.2) is 201 Å². The summed E-state index contributed by atoms with van der Waals surface area (Å²) in [6.45, 7) is 20.8. The molecular weight excluding hydrogens is 753 g/mol. The number of hydrogen-bond donors (Lipinski definition) is 0. The predicted molar refractivity (Wildman–Crippen MR) is 266 cm³/mol. The van der Waals surface area contributed by atoms with Gasteiger partial charge in [-0.1, -0.05) is 143 Å². The Balaban J connectivity index is 1.24. The van der Waals surface area contributed by atoms with Gasteiger partial charge in [0.05, 0.1) is 0 Å². The first-order valence-electron chi connectivity index (χ1n) is 21.0. The average Bonchev–Trinajstić information content (AvgIpc) is 3.80. The largest absolute Gasteiger partial charge is 0.456 e. The van der Waals surface area contributed by atoms with E-state index in [0.29, 0.717) is 0 Å². The van der Waals surface area contributed by atoms with Gasteiger partial charge >= 0.3 is 0 Å². The van der Waals surface area contributed by atoms with Crippen LogP contribution in [0.3, 0.4) is 0 Å². The fraction of sp³-hybridized carbons (Fsp3) is 0.0508. The summed E-state index contributed by atoms with van der Waals surface area (Å²) in [5.74, 6) is 0. The topological polar surface area (TPSA) is 19.6 Å². The van der Waals surface area contributed by atoms with Crippen molar-refractivity contribution in [3.05, 3.63) is 230 Å². The van der Waals surface area contributed by atoms with E-state index in [9.17, 15) is 0 Å². The summed E-state index contributed by atoms with van der Waals surface area (Å²) in [6.07, 6.45) is 7.50. The van der Waals surface area contributed by atoms with E-state index >= 15 is 0 Å². The Morgan fingerprint density at radius 2 is 0.903 bits per heavy atom. The van der Waals surface area contributed by atoms with Crippen LogP contribution in [0.2, 0.25) is 0 Å². The van der Waals surface area contributed by atoms with Gasteiger partial charge in [-0.3, -0.25) is 0 Å². The van der Waals surface area contributed by atoms with Crippen molar-refractivity contribution in [1.82, 2.24) is 0 Å². The van der Waals surface area contributed by atoms with E-state index in [2.05, 4.69) is 220 Å². The van der Waals surface area contributed by atoms with Crippen LogP contribution in [0, 0.1) is 0 Å². The SMILES string of the molecule is C=Cc1ccc(N(c2ccc(C=C)cc2)c2cc(-c3ccc4oc5cc(C=C)ccc5c4c3)cc(N(c3ccc(C=C)cc3)c3ccc4c(c3)C(C)(C)c3ccccc3-4)c2)cc1. The molecule has 1 aliphatic carbocycles. The normalized spacial score (nSPS) is 12.4.